The fourth-order valence-electron chi connectivity index (χ4n) is 8.18. The molecular weight excluding hydrogens is 767 g/mol. The first-order valence-electron chi connectivity index (χ1n) is 24.0. The van der Waals surface area contributed by atoms with Crippen molar-refractivity contribution < 1.29 is 10.6 Å². The predicted molar refractivity (Wildman–Crippen MR) is 267 cm³/mol. The molecule has 0 bridgehead atoms. The van der Waals surface area contributed by atoms with Crippen LogP contribution >= 0.6 is 0 Å². The molecule has 0 unspecified atom stereocenters. The van der Waals surface area contributed by atoms with Gasteiger partial charge in [0.2, 0.25) is 0 Å². The Balaban J connectivity index is 1.45. The second kappa shape index (κ2) is 15.8. The van der Waals surface area contributed by atoms with Crippen LogP contribution < -0.4 is 0 Å². The minimum Gasteiger partial charge on any atom is -0.507 e. The summed E-state index contributed by atoms with van der Waals surface area (Å²) in [6, 6.07) is 37.7. The zero-order valence-electron chi connectivity index (χ0n) is 43.3. The number of aromatic hydroxyl groups is 1. The molecule has 0 saturated carbocycles. The molecule has 0 aliphatic rings. The second-order valence-electron chi connectivity index (χ2n) is 21.2. The van der Waals surface area contributed by atoms with Crippen molar-refractivity contribution in [2.24, 2.45) is 0 Å². The number of benzene rings is 6. The molecule has 6 aromatic carbocycles. The van der Waals surface area contributed by atoms with Crippen LogP contribution in [-0.4, -0.2) is 19.6 Å². The standard InChI is InChI=1S/C59H63N3O/c1-37-22-24-39(25-23-37)40-26-27-60-51(33-40)43-28-42(30-44(31-43)56(2,3)4)48-20-17-21-52-53(48)61-55(49-35-46(58(8,9)10)36-50(54(49)63)59(11,12)13)62(52)47-32-41(38-18-15-14-16-19-38)29-45(34-47)57(5,6)7/h14-36,63H,1-13H3/i22D,23D,24D,25D. The molecular formula is C59H63N3O. The lowest BCUT2D eigenvalue weighted by Gasteiger charge is -2.28. The largest absolute Gasteiger partial charge is 0.507 e. The van der Waals surface area contributed by atoms with E-state index in [1.54, 1.807) is 19.2 Å². The Hall–Kier alpha value is -6.26. The molecule has 4 heteroatoms. The van der Waals surface area contributed by atoms with Crippen LogP contribution in [0.3, 0.4) is 0 Å². The van der Waals surface area contributed by atoms with Crippen LogP contribution in [0.25, 0.3) is 72.7 Å². The van der Waals surface area contributed by atoms with Gasteiger partial charge in [-0.05, 0) is 122 Å². The zero-order chi connectivity index (χ0) is 48.7. The van der Waals surface area contributed by atoms with Gasteiger partial charge in [0, 0.05) is 28.6 Å². The predicted octanol–water partition coefficient (Wildman–Crippen LogP) is 16.0. The summed E-state index contributed by atoms with van der Waals surface area (Å²) in [4.78, 5) is 10.5. The van der Waals surface area contributed by atoms with E-state index < -0.39 is 0 Å². The molecule has 63 heavy (non-hydrogen) atoms. The highest BCUT2D eigenvalue weighted by atomic mass is 16.3. The number of hydrogen-bond donors (Lipinski definition) is 1. The van der Waals surface area contributed by atoms with E-state index >= 15 is 0 Å². The zero-order valence-corrected chi connectivity index (χ0v) is 39.3. The SMILES string of the molecule is [2H]c1c([2H])c(-c2ccnc(-c3cc(-c4cccc5c4nc(-c4cc(C(C)(C)C)cc(C(C)(C)C)c4O)n5-c4cc(-c5ccccc5)cc(C(C)(C)C)c4)cc(C(C)(C)C)c3)c2)c([2H])c([2H])c1C. The molecule has 0 saturated heterocycles. The van der Waals surface area contributed by atoms with Crippen LogP contribution in [0.1, 0.15) is 116 Å². The van der Waals surface area contributed by atoms with E-state index in [2.05, 4.69) is 179 Å². The van der Waals surface area contributed by atoms with E-state index in [0.717, 1.165) is 61.2 Å². The second-order valence-corrected chi connectivity index (χ2v) is 21.2. The summed E-state index contributed by atoms with van der Waals surface area (Å²) in [6.07, 6.45) is 1.67. The van der Waals surface area contributed by atoms with Crippen LogP contribution in [0.2, 0.25) is 0 Å². The van der Waals surface area contributed by atoms with Gasteiger partial charge in [-0.15, -0.1) is 0 Å². The normalized spacial score (nSPS) is 13.5. The fourth-order valence-corrected chi connectivity index (χ4v) is 8.18. The van der Waals surface area contributed by atoms with Gasteiger partial charge >= 0.3 is 0 Å². The molecule has 0 atom stereocenters. The van der Waals surface area contributed by atoms with Crippen molar-refractivity contribution in [3.63, 3.8) is 0 Å². The molecule has 4 nitrogen and oxygen atoms in total. The number of hydrogen-bond acceptors (Lipinski definition) is 3. The Morgan fingerprint density at radius 1 is 0.508 bits per heavy atom. The quantitative estimate of drug-likeness (QED) is 0.182. The van der Waals surface area contributed by atoms with Gasteiger partial charge in [-0.3, -0.25) is 9.55 Å². The average Bonchev–Trinajstić information content (AvgIpc) is 3.66. The highest BCUT2D eigenvalue weighted by Gasteiger charge is 2.29. The lowest BCUT2D eigenvalue weighted by molar-refractivity contribution is 0.446. The summed E-state index contributed by atoms with van der Waals surface area (Å²) in [5.74, 6) is 0.855. The minimum atomic E-state index is -0.360. The van der Waals surface area contributed by atoms with E-state index in [1.165, 1.54) is 5.56 Å². The molecule has 0 spiro atoms. The van der Waals surface area contributed by atoms with Crippen molar-refractivity contribution in [1.82, 2.24) is 14.5 Å². The first kappa shape index (κ1) is 38.4. The summed E-state index contributed by atoms with van der Waals surface area (Å²) in [5, 5.41) is 12.5. The Labute approximate surface area is 381 Å². The van der Waals surface area contributed by atoms with Crippen LogP contribution in [0.15, 0.2) is 140 Å². The molecule has 1 N–H and O–H groups in total. The maximum Gasteiger partial charge on any atom is 0.149 e. The number of nitrogens with zero attached hydrogens (tertiary/aromatic N) is 3. The average molecular weight is 834 g/mol. The van der Waals surface area contributed by atoms with Crippen LogP contribution in [0, 0.1) is 6.92 Å². The maximum absolute atomic E-state index is 12.5. The number of imidazole rings is 1. The molecule has 8 rings (SSSR count). The topological polar surface area (TPSA) is 50.9 Å². The van der Waals surface area contributed by atoms with E-state index in [9.17, 15) is 5.11 Å². The molecule has 0 radical (unpaired) electrons. The molecule has 0 aliphatic carbocycles. The van der Waals surface area contributed by atoms with Crippen molar-refractivity contribution in [2.45, 2.75) is 112 Å². The maximum atomic E-state index is 12.5. The monoisotopic (exact) mass is 834 g/mol. The van der Waals surface area contributed by atoms with Gasteiger partial charge in [0.05, 0.1) is 27.8 Å². The number of phenols is 1. The van der Waals surface area contributed by atoms with E-state index in [1.807, 2.05) is 12.1 Å². The Bertz CT molecular complexity index is 3200. The van der Waals surface area contributed by atoms with Gasteiger partial charge in [-0.2, -0.15) is 0 Å². The molecule has 0 aliphatic heterocycles. The summed E-state index contributed by atoms with van der Waals surface area (Å²) in [7, 11) is 0. The van der Waals surface area contributed by atoms with Crippen LogP contribution in [0.5, 0.6) is 5.75 Å². The number of pyridine rings is 1. The van der Waals surface area contributed by atoms with E-state index in [0.29, 0.717) is 28.2 Å². The van der Waals surface area contributed by atoms with Crippen LogP contribution in [0.4, 0.5) is 0 Å². The fraction of sp³-hybridized carbons (Fsp3) is 0.288. The van der Waals surface area contributed by atoms with E-state index in [4.69, 9.17) is 15.5 Å². The third-order valence-electron chi connectivity index (χ3n) is 12.1. The van der Waals surface area contributed by atoms with Gasteiger partial charge in [0.25, 0.3) is 0 Å². The molecule has 320 valence electrons. The van der Waals surface area contributed by atoms with Gasteiger partial charge < -0.3 is 5.11 Å². The van der Waals surface area contributed by atoms with Crippen molar-refractivity contribution in [1.29, 1.82) is 0 Å². The van der Waals surface area contributed by atoms with Crippen molar-refractivity contribution >= 4 is 11.0 Å². The van der Waals surface area contributed by atoms with Crippen LogP contribution in [-0.2, 0) is 21.7 Å². The van der Waals surface area contributed by atoms with Gasteiger partial charge in [0.1, 0.15) is 11.6 Å². The Morgan fingerprint density at radius 2 is 1.13 bits per heavy atom. The van der Waals surface area contributed by atoms with Gasteiger partial charge in [0.15, 0.2) is 0 Å². The first-order valence-corrected chi connectivity index (χ1v) is 22.0. The third kappa shape index (κ3) is 8.74. The van der Waals surface area contributed by atoms with Gasteiger partial charge in [-0.1, -0.05) is 173 Å². The third-order valence-corrected chi connectivity index (χ3v) is 12.1. The number of fused-ring (bicyclic) bond motifs is 1. The highest BCUT2D eigenvalue weighted by molar-refractivity contribution is 5.97. The van der Waals surface area contributed by atoms with E-state index in [-0.39, 0.29) is 57.1 Å². The summed E-state index contributed by atoms with van der Waals surface area (Å²) in [5.41, 5.74) is 13.1. The Kier molecular flexibility index (Phi) is 9.65. The Morgan fingerprint density at radius 3 is 1.78 bits per heavy atom. The number of para-hydroxylation sites is 1. The lowest BCUT2D eigenvalue weighted by atomic mass is 9.79. The summed E-state index contributed by atoms with van der Waals surface area (Å²) >= 11 is 0. The highest BCUT2D eigenvalue weighted by Crippen LogP contribution is 2.45. The number of phenolic OH excluding ortho intramolecular Hbond substituents is 1. The molecule has 0 fully saturated rings. The molecule has 0 amide bonds. The lowest BCUT2D eigenvalue weighted by Crippen LogP contribution is -2.17. The van der Waals surface area contributed by atoms with Crippen molar-refractivity contribution in [2.75, 3.05) is 0 Å². The summed E-state index contributed by atoms with van der Waals surface area (Å²) < 4.78 is 37.0. The molecule has 8 aromatic rings. The summed E-state index contributed by atoms with van der Waals surface area (Å²) in [6.45, 7) is 27.9. The number of rotatable bonds is 6. The van der Waals surface area contributed by atoms with Crippen molar-refractivity contribution in [3.05, 3.63) is 167 Å². The minimum absolute atomic E-state index is 0.0483. The van der Waals surface area contributed by atoms with Gasteiger partial charge in [-0.25, -0.2) is 4.98 Å². The molecule has 2 aromatic heterocycles. The number of aromatic nitrogens is 3. The smallest absolute Gasteiger partial charge is 0.149 e. The first-order chi connectivity index (χ1) is 31.2. The van der Waals surface area contributed by atoms with Crippen molar-refractivity contribution in [3.8, 4) is 67.5 Å². The molecule has 2 heterocycles.